The van der Waals surface area contributed by atoms with E-state index in [0.717, 1.165) is 16.5 Å². The molecule has 0 aliphatic carbocycles. The largest absolute Gasteiger partial charge is 0.486 e. The molecule has 1 aliphatic heterocycles. The highest BCUT2D eigenvalue weighted by atomic mass is 35.5. The van der Waals surface area contributed by atoms with Crippen molar-refractivity contribution >= 4 is 62.9 Å². The van der Waals surface area contributed by atoms with Crippen LogP contribution in [0.1, 0.15) is 38.8 Å². The summed E-state index contributed by atoms with van der Waals surface area (Å²) in [5, 5.41) is 3.84. The number of thioether (sulfide) groups is 1. The van der Waals surface area contributed by atoms with Crippen molar-refractivity contribution in [2.24, 2.45) is 4.99 Å². The Morgan fingerprint density at radius 3 is 2.32 bits per heavy atom. The lowest BCUT2D eigenvalue weighted by Crippen LogP contribution is -2.35. The number of hydrogen-bond acceptors (Lipinski definition) is 4. The molecule has 34 heavy (non-hydrogen) atoms. The fourth-order valence-corrected chi connectivity index (χ4v) is 5.53. The third kappa shape index (κ3) is 5.43. The number of carbonyl (C=O) groups is 1. The van der Waals surface area contributed by atoms with Crippen molar-refractivity contribution in [2.45, 2.75) is 46.4 Å². The first-order valence-electron chi connectivity index (χ1n) is 11.1. The average molecular weight is 513 g/mol. The van der Waals surface area contributed by atoms with E-state index in [0.29, 0.717) is 32.5 Å². The summed E-state index contributed by atoms with van der Waals surface area (Å²) >= 11 is 14.4. The zero-order chi connectivity index (χ0) is 24.4. The topological polar surface area (TPSA) is 41.9 Å². The molecule has 4 nitrogen and oxygen atoms in total. The molecular weight excluding hydrogens is 487 g/mol. The van der Waals surface area contributed by atoms with E-state index in [-0.39, 0.29) is 18.0 Å². The van der Waals surface area contributed by atoms with E-state index < -0.39 is 0 Å². The minimum atomic E-state index is -0.0664. The van der Waals surface area contributed by atoms with E-state index in [2.05, 4.69) is 29.3 Å². The Balaban J connectivity index is 1.55. The van der Waals surface area contributed by atoms with Crippen molar-refractivity contribution in [3.05, 3.63) is 80.7 Å². The number of carbonyl (C=O) groups excluding carboxylic acids is 1. The summed E-state index contributed by atoms with van der Waals surface area (Å²) < 4.78 is 5.97. The summed E-state index contributed by atoms with van der Waals surface area (Å²) in [6.07, 6.45) is 1.80. The molecule has 176 valence electrons. The summed E-state index contributed by atoms with van der Waals surface area (Å²) in [6, 6.07) is 18.0. The molecule has 1 amide bonds. The summed E-state index contributed by atoms with van der Waals surface area (Å²) in [6.45, 7) is 8.29. The summed E-state index contributed by atoms with van der Waals surface area (Å²) in [7, 11) is 0. The van der Waals surface area contributed by atoms with Crippen LogP contribution in [0.2, 0.25) is 10.0 Å². The van der Waals surface area contributed by atoms with Crippen LogP contribution in [0.15, 0.2) is 64.5 Å². The van der Waals surface area contributed by atoms with Crippen LogP contribution in [-0.4, -0.2) is 28.1 Å². The highest BCUT2D eigenvalue weighted by Gasteiger charge is 2.35. The number of halogens is 2. The molecule has 3 aromatic carbocycles. The van der Waals surface area contributed by atoms with Crippen LogP contribution < -0.4 is 4.74 Å². The predicted molar refractivity (Wildman–Crippen MR) is 145 cm³/mol. The van der Waals surface area contributed by atoms with Crippen LogP contribution in [0.25, 0.3) is 16.8 Å². The van der Waals surface area contributed by atoms with Crippen LogP contribution in [0.5, 0.6) is 5.75 Å². The summed E-state index contributed by atoms with van der Waals surface area (Å²) in [5.41, 5.74) is 1.76. The molecule has 0 unspecified atom stereocenters. The fourth-order valence-electron chi connectivity index (χ4n) is 3.69. The average Bonchev–Trinajstić information content (AvgIpc) is 3.07. The van der Waals surface area contributed by atoms with Crippen LogP contribution in [-0.2, 0) is 11.4 Å². The second-order valence-electron chi connectivity index (χ2n) is 8.67. The van der Waals surface area contributed by atoms with Crippen LogP contribution in [0.3, 0.4) is 0 Å². The third-order valence-electron chi connectivity index (χ3n) is 5.24. The SMILES string of the molecule is CC(C)N=C1S/C(=C/c2cc(Cl)c(OCc3ccc4ccccc4c3)c(Cl)c2)C(=O)N1C(C)C. The lowest BCUT2D eigenvalue weighted by atomic mass is 10.1. The molecule has 3 aromatic rings. The number of aliphatic imine (C=N–C) groups is 1. The zero-order valence-electron chi connectivity index (χ0n) is 19.5. The molecule has 1 heterocycles. The number of hydrogen-bond donors (Lipinski definition) is 0. The number of ether oxygens (including phenoxy) is 1. The van der Waals surface area contributed by atoms with Gasteiger partial charge in [0.1, 0.15) is 6.61 Å². The molecule has 4 rings (SSSR count). The Morgan fingerprint density at radius 1 is 1.00 bits per heavy atom. The van der Waals surface area contributed by atoms with Crippen molar-refractivity contribution in [1.29, 1.82) is 0 Å². The smallest absolute Gasteiger partial charge is 0.266 e. The molecule has 0 saturated carbocycles. The van der Waals surface area contributed by atoms with Gasteiger partial charge in [-0.25, -0.2) is 0 Å². The Morgan fingerprint density at radius 2 is 1.68 bits per heavy atom. The first kappa shape index (κ1) is 24.6. The van der Waals surface area contributed by atoms with Gasteiger partial charge in [0.25, 0.3) is 5.91 Å². The van der Waals surface area contributed by atoms with E-state index in [4.69, 9.17) is 27.9 Å². The lowest BCUT2D eigenvalue weighted by Gasteiger charge is -2.20. The number of fused-ring (bicyclic) bond motifs is 1. The highest BCUT2D eigenvalue weighted by molar-refractivity contribution is 8.18. The van der Waals surface area contributed by atoms with Crippen molar-refractivity contribution in [1.82, 2.24) is 4.90 Å². The Hall–Kier alpha value is -2.47. The van der Waals surface area contributed by atoms with Crippen LogP contribution >= 0.6 is 35.0 Å². The van der Waals surface area contributed by atoms with Gasteiger partial charge in [-0.05, 0) is 85.6 Å². The number of amides is 1. The lowest BCUT2D eigenvalue weighted by molar-refractivity contribution is -0.123. The van der Waals surface area contributed by atoms with E-state index in [1.807, 2.05) is 45.9 Å². The normalized spacial score (nSPS) is 16.6. The van der Waals surface area contributed by atoms with Gasteiger partial charge in [0, 0.05) is 12.1 Å². The van der Waals surface area contributed by atoms with Gasteiger partial charge in [-0.1, -0.05) is 59.6 Å². The molecule has 1 saturated heterocycles. The molecular formula is C27H26Cl2N2O2S. The Bertz CT molecular complexity index is 1280. The van der Waals surface area contributed by atoms with Crippen molar-refractivity contribution in [3.8, 4) is 5.75 Å². The summed E-state index contributed by atoms with van der Waals surface area (Å²) in [4.78, 5) is 19.9. The molecule has 0 bridgehead atoms. The van der Waals surface area contributed by atoms with E-state index in [9.17, 15) is 4.79 Å². The Kier molecular flexibility index (Phi) is 7.56. The van der Waals surface area contributed by atoms with Crippen molar-refractivity contribution in [2.75, 3.05) is 0 Å². The molecule has 0 N–H and O–H groups in total. The van der Waals surface area contributed by atoms with Gasteiger partial charge in [0.05, 0.1) is 15.0 Å². The number of amidine groups is 1. The maximum Gasteiger partial charge on any atom is 0.266 e. The third-order valence-corrected chi connectivity index (χ3v) is 6.80. The van der Waals surface area contributed by atoms with E-state index in [1.165, 1.54) is 17.1 Å². The summed E-state index contributed by atoms with van der Waals surface area (Å²) in [5.74, 6) is 0.359. The van der Waals surface area contributed by atoms with Gasteiger partial charge in [-0.2, -0.15) is 0 Å². The van der Waals surface area contributed by atoms with Crippen LogP contribution in [0, 0.1) is 0 Å². The molecule has 1 aliphatic rings. The minimum absolute atomic E-state index is 0.0152. The monoisotopic (exact) mass is 512 g/mol. The van der Waals surface area contributed by atoms with E-state index >= 15 is 0 Å². The molecule has 1 fully saturated rings. The molecule has 0 atom stereocenters. The van der Waals surface area contributed by atoms with Gasteiger partial charge in [0.2, 0.25) is 0 Å². The predicted octanol–water partition coefficient (Wildman–Crippen LogP) is 7.81. The second-order valence-corrected chi connectivity index (χ2v) is 10.5. The molecule has 0 aromatic heterocycles. The maximum atomic E-state index is 13.0. The Labute approximate surface area is 214 Å². The quantitative estimate of drug-likeness (QED) is 0.316. The number of rotatable bonds is 6. The van der Waals surface area contributed by atoms with Crippen molar-refractivity contribution in [3.63, 3.8) is 0 Å². The van der Waals surface area contributed by atoms with Gasteiger partial charge >= 0.3 is 0 Å². The van der Waals surface area contributed by atoms with E-state index in [1.54, 1.807) is 23.1 Å². The second kappa shape index (κ2) is 10.4. The first-order valence-corrected chi connectivity index (χ1v) is 12.7. The van der Waals surface area contributed by atoms with Gasteiger partial charge < -0.3 is 4.74 Å². The number of benzene rings is 3. The van der Waals surface area contributed by atoms with Gasteiger partial charge in [-0.15, -0.1) is 0 Å². The highest BCUT2D eigenvalue weighted by Crippen LogP contribution is 2.38. The fraction of sp³-hybridized carbons (Fsp3) is 0.259. The van der Waals surface area contributed by atoms with Crippen molar-refractivity contribution < 1.29 is 9.53 Å². The molecule has 7 heteroatoms. The molecule has 0 radical (unpaired) electrons. The van der Waals surface area contributed by atoms with Gasteiger partial charge in [0.15, 0.2) is 10.9 Å². The standard InChI is InChI=1S/C27H26Cl2N2O2S/c1-16(2)30-27-31(17(3)4)26(32)24(34-27)14-19-12-22(28)25(23(29)13-19)33-15-18-9-10-20-7-5-6-8-21(20)11-18/h5-14,16-17H,15H2,1-4H3/b24-14+,30-27?. The zero-order valence-corrected chi connectivity index (χ0v) is 21.8. The number of nitrogens with zero attached hydrogens (tertiary/aromatic N) is 2. The molecule has 0 spiro atoms. The van der Waals surface area contributed by atoms with Gasteiger partial charge in [-0.3, -0.25) is 14.7 Å². The van der Waals surface area contributed by atoms with Crippen LogP contribution in [0.4, 0.5) is 0 Å². The first-order chi connectivity index (χ1) is 16.2. The minimum Gasteiger partial charge on any atom is -0.486 e. The maximum absolute atomic E-state index is 13.0.